The van der Waals surface area contributed by atoms with Crippen LogP contribution in [0, 0.1) is 0 Å². The molecule has 0 aliphatic carbocycles. The van der Waals surface area contributed by atoms with Crippen molar-refractivity contribution in [3.63, 3.8) is 0 Å². The Labute approximate surface area is 149 Å². The Morgan fingerprint density at radius 1 is 1.08 bits per heavy atom. The molecule has 1 amide bonds. The van der Waals surface area contributed by atoms with Gasteiger partial charge in [-0.15, -0.1) is 0 Å². The maximum Gasteiger partial charge on any atom is 0.387 e. The molecule has 1 fully saturated rings. The van der Waals surface area contributed by atoms with Crippen LogP contribution in [0.4, 0.5) is 14.5 Å². The van der Waals surface area contributed by atoms with Crippen LogP contribution in [0.25, 0.3) is 0 Å². The van der Waals surface area contributed by atoms with E-state index < -0.39 is 12.6 Å². The second kappa shape index (κ2) is 7.95. The number of benzene rings is 2. The van der Waals surface area contributed by atoms with E-state index >= 15 is 0 Å². The molecular formula is C19H17F2NO4. The van der Waals surface area contributed by atoms with Crippen LogP contribution < -0.4 is 9.64 Å². The number of rotatable bonds is 6. The third-order valence-corrected chi connectivity index (χ3v) is 4.01. The maximum atomic E-state index is 12.1. The molecule has 0 bridgehead atoms. The maximum absolute atomic E-state index is 12.1. The molecule has 26 heavy (non-hydrogen) atoms. The molecule has 1 saturated heterocycles. The van der Waals surface area contributed by atoms with Gasteiger partial charge in [0.2, 0.25) is 5.91 Å². The molecule has 0 radical (unpaired) electrons. The fourth-order valence-electron chi connectivity index (χ4n) is 2.70. The van der Waals surface area contributed by atoms with Crippen molar-refractivity contribution in [3.05, 3.63) is 59.7 Å². The molecule has 1 heterocycles. The van der Waals surface area contributed by atoms with Gasteiger partial charge in [0.25, 0.3) is 0 Å². The summed E-state index contributed by atoms with van der Waals surface area (Å²) in [6, 6.07) is 12.5. The zero-order valence-electron chi connectivity index (χ0n) is 13.9. The number of amides is 1. The summed E-state index contributed by atoms with van der Waals surface area (Å²) in [5.74, 6) is -0.376. The van der Waals surface area contributed by atoms with Crippen molar-refractivity contribution in [2.24, 2.45) is 0 Å². The number of halogens is 2. The topological polar surface area (TPSA) is 55.8 Å². The Balaban J connectivity index is 1.55. The van der Waals surface area contributed by atoms with Crippen LogP contribution in [0.5, 0.6) is 5.75 Å². The first-order valence-electron chi connectivity index (χ1n) is 8.14. The predicted octanol–water partition coefficient (Wildman–Crippen LogP) is 3.77. The summed E-state index contributed by atoms with van der Waals surface area (Å²) in [7, 11) is 0. The van der Waals surface area contributed by atoms with Crippen molar-refractivity contribution < 1.29 is 27.8 Å². The second-order valence-electron chi connectivity index (χ2n) is 5.79. The Morgan fingerprint density at radius 3 is 2.35 bits per heavy atom. The van der Waals surface area contributed by atoms with E-state index in [0.29, 0.717) is 24.1 Å². The van der Waals surface area contributed by atoms with Gasteiger partial charge < -0.3 is 14.4 Å². The molecule has 0 spiro atoms. The smallest absolute Gasteiger partial charge is 0.387 e. The van der Waals surface area contributed by atoms with E-state index in [1.807, 2.05) is 0 Å². The van der Waals surface area contributed by atoms with Gasteiger partial charge in [0, 0.05) is 18.7 Å². The van der Waals surface area contributed by atoms with E-state index in [1.54, 1.807) is 41.3 Å². The Kier molecular flexibility index (Phi) is 5.46. The normalized spacial score (nSPS) is 14.0. The molecule has 3 rings (SSSR count). The molecule has 2 aromatic rings. The van der Waals surface area contributed by atoms with Gasteiger partial charge in [-0.2, -0.15) is 8.78 Å². The molecule has 0 N–H and O–H groups in total. The highest BCUT2D eigenvalue weighted by molar-refractivity contribution is 5.96. The summed E-state index contributed by atoms with van der Waals surface area (Å²) in [5.41, 5.74) is 1.79. The molecule has 0 atom stereocenters. The molecule has 1 aliphatic rings. The predicted molar refractivity (Wildman–Crippen MR) is 90.2 cm³/mol. The number of alkyl halides is 2. The van der Waals surface area contributed by atoms with E-state index in [1.165, 1.54) is 12.1 Å². The van der Waals surface area contributed by atoms with Crippen molar-refractivity contribution in [1.82, 2.24) is 0 Å². The summed E-state index contributed by atoms with van der Waals surface area (Å²) in [6.07, 6.45) is 1.38. The highest BCUT2D eigenvalue weighted by Gasteiger charge is 2.21. The van der Waals surface area contributed by atoms with Crippen LogP contribution >= 0.6 is 0 Å². The monoisotopic (exact) mass is 361 g/mol. The van der Waals surface area contributed by atoms with E-state index in [4.69, 9.17) is 4.74 Å². The van der Waals surface area contributed by atoms with Crippen LogP contribution in [0.1, 0.15) is 28.8 Å². The molecule has 0 unspecified atom stereocenters. The second-order valence-corrected chi connectivity index (χ2v) is 5.79. The van der Waals surface area contributed by atoms with Gasteiger partial charge in [0.15, 0.2) is 0 Å². The van der Waals surface area contributed by atoms with E-state index in [2.05, 4.69) is 4.74 Å². The number of hydrogen-bond donors (Lipinski definition) is 0. The van der Waals surface area contributed by atoms with Crippen LogP contribution in [0.2, 0.25) is 0 Å². The first-order chi connectivity index (χ1) is 12.5. The van der Waals surface area contributed by atoms with Gasteiger partial charge in [0.1, 0.15) is 12.4 Å². The first kappa shape index (κ1) is 17.8. The van der Waals surface area contributed by atoms with E-state index in [9.17, 15) is 18.4 Å². The summed E-state index contributed by atoms with van der Waals surface area (Å²) in [4.78, 5) is 25.5. The molecule has 5 nitrogen and oxygen atoms in total. The molecule has 2 aromatic carbocycles. The standard InChI is InChI=1S/C19H17F2NO4/c20-19(21)26-16-9-3-13(4-10-16)12-25-18(24)14-5-7-15(8-6-14)22-11-1-2-17(22)23/h3-10,19H,1-2,11-12H2. The third-order valence-electron chi connectivity index (χ3n) is 4.01. The Bertz CT molecular complexity index is 775. The minimum absolute atomic E-state index is 0.0140. The number of ether oxygens (including phenoxy) is 2. The van der Waals surface area contributed by atoms with Crippen molar-refractivity contribution in [1.29, 1.82) is 0 Å². The molecule has 0 saturated carbocycles. The first-order valence-corrected chi connectivity index (χ1v) is 8.14. The zero-order valence-corrected chi connectivity index (χ0v) is 13.9. The summed E-state index contributed by atoms with van der Waals surface area (Å²) < 4.78 is 33.7. The number of hydrogen-bond acceptors (Lipinski definition) is 4. The minimum Gasteiger partial charge on any atom is -0.457 e. The Morgan fingerprint density at radius 2 is 1.77 bits per heavy atom. The zero-order chi connectivity index (χ0) is 18.5. The largest absolute Gasteiger partial charge is 0.457 e. The van der Waals surface area contributed by atoms with Gasteiger partial charge in [-0.3, -0.25) is 4.79 Å². The Hall–Kier alpha value is -2.96. The number of carbonyl (C=O) groups excluding carboxylic acids is 2. The van der Waals surface area contributed by atoms with Gasteiger partial charge in [0.05, 0.1) is 5.56 Å². The fraction of sp³-hybridized carbons (Fsp3) is 0.263. The summed E-state index contributed by atoms with van der Waals surface area (Å²) in [5, 5.41) is 0. The van der Waals surface area contributed by atoms with Gasteiger partial charge in [-0.05, 0) is 48.4 Å². The van der Waals surface area contributed by atoms with Crippen molar-refractivity contribution >= 4 is 17.6 Å². The van der Waals surface area contributed by atoms with Crippen LogP contribution in [0.15, 0.2) is 48.5 Å². The highest BCUT2D eigenvalue weighted by Crippen LogP contribution is 2.22. The number of carbonyl (C=O) groups is 2. The van der Waals surface area contributed by atoms with Crippen LogP contribution in [-0.2, 0) is 16.1 Å². The van der Waals surface area contributed by atoms with Crippen molar-refractivity contribution in [2.75, 3.05) is 11.4 Å². The van der Waals surface area contributed by atoms with E-state index in [0.717, 1.165) is 12.1 Å². The number of esters is 1. The SMILES string of the molecule is O=C(OCc1ccc(OC(F)F)cc1)c1ccc(N2CCCC2=O)cc1. The third kappa shape index (κ3) is 4.36. The lowest BCUT2D eigenvalue weighted by Crippen LogP contribution is -2.23. The lowest BCUT2D eigenvalue weighted by atomic mass is 10.2. The number of anilines is 1. The molecule has 7 heteroatoms. The van der Waals surface area contributed by atoms with Gasteiger partial charge in [-0.1, -0.05) is 12.1 Å². The van der Waals surface area contributed by atoms with E-state index in [-0.39, 0.29) is 18.3 Å². The quantitative estimate of drug-likeness (QED) is 0.735. The average Bonchev–Trinajstić information content (AvgIpc) is 3.06. The fourth-order valence-corrected chi connectivity index (χ4v) is 2.70. The van der Waals surface area contributed by atoms with Crippen LogP contribution in [0.3, 0.4) is 0 Å². The highest BCUT2D eigenvalue weighted by atomic mass is 19.3. The number of nitrogens with zero attached hydrogens (tertiary/aromatic N) is 1. The van der Waals surface area contributed by atoms with Gasteiger partial charge in [-0.25, -0.2) is 4.79 Å². The molecule has 0 aromatic heterocycles. The average molecular weight is 361 g/mol. The van der Waals surface area contributed by atoms with Crippen LogP contribution in [-0.4, -0.2) is 25.0 Å². The lowest BCUT2D eigenvalue weighted by molar-refractivity contribution is -0.117. The minimum atomic E-state index is -2.88. The lowest BCUT2D eigenvalue weighted by Gasteiger charge is -2.15. The molecule has 1 aliphatic heterocycles. The van der Waals surface area contributed by atoms with Crippen molar-refractivity contribution in [2.45, 2.75) is 26.1 Å². The summed E-state index contributed by atoms with van der Waals surface area (Å²) in [6.45, 7) is -2.17. The molecular weight excluding hydrogens is 344 g/mol. The van der Waals surface area contributed by atoms with Crippen molar-refractivity contribution in [3.8, 4) is 5.75 Å². The molecule has 136 valence electrons. The summed E-state index contributed by atoms with van der Waals surface area (Å²) >= 11 is 0. The van der Waals surface area contributed by atoms with Gasteiger partial charge >= 0.3 is 12.6 Å².